The molecule has 4 heteroatoms. The molecule has 0 aliphatic carbocycles. The first-order valence-corrected chi connectivity index (χ1v) is 5.91. The number of rotatable bonds is 0. The number of amides is 1. The van der Waals surface area contributed by atoms with Crippen LogP contribution in [0.3, 0.4) is 0 Å². The van der Waals surface area contributed by atoms with Gasteiger partial charge in [-0.15, -0.1) is 0 Å². The van der Waals surface area contributed by atoms with Crippen molar-refractivity contribution < 1.29 is 9.21 Å². The molecule has 1 aliphatic heterocycles. The fourth-order valence-electron chi connectivity index (χ4n) is 2.06. The van der Waals surface area contributed by atoms with Crippen molar-refractivity contribution in [2.24, 2.45) is 0 Å². The van der Waals surface area contributed by atoms with E-state index in [-0.39, 0.29) is 5.91 Å². The molecule has 82 valence electrons. The Morgan fingerprint density at radius 1 is 1.67 bits per heavy atom. The van der Waals surface area contributed by atoms with Crippen LogP contribution in [-0.2, 0) is 11.2 Å². The number of hydrogen-bond donors (Lipinski definition) is 0. The van der Waals surface area contributed by atoms with Gasteiger partial charge in [-0.1, -0.05) is 6.92 Å². The molecule has 1 aliphatic rings. The fraction of sp³-hybridized carbons (Fsp3) is 0.545. The third kappa shape index (κ3) is 2.09. The Morgan fingerprint density at radius 2 is 2.40 bits per heavy atom. The molecule has 2 rings (SSSR count). The standard InChI is InChI=1S/C11H14BrNO2/c1-7-6-13(8(2)14)4-3-10-9(7)5-11(12)15-10/h5,7H,3-4,6H2,1-2H3. The summed E-state index contributed by atoms with van der Waals surface area (Å²) in [6, 6.07) is 2.02. The molecule has 1 amide bonds. The second-order valence-corrected chi connectivity index (χ2v) is 4.83. The van der Waals surface area contributed by atoms with E-state index >= 15 is 0 Å². The molecule has 0 fully saturated rings. The normalized spacial score (nSPS) is 21.0. The van der Waals surface area contributed by atoms with E-state index in [4.69, 9.17) is 4.42 Å². The molecule has 0 saturated carbocycles. The molecule has 0 N–H and O–H groups in total. The molecular weight excluding hydrogens is 258 g/mol. The molecule has 3 nitrogen and oxygen atoms in total. The van der Waals surface area contributed by atoms with Crippen LogP contribution in [0.25, 0.3) is 0 Å². The topological polar surface area (TPSA) is 33.5 Å². The number of fused-ring (bicyclic) bond motifs is 1. The molecule has 2 heterocycles. The maximum absolute atomic E-state index is 11.3. The Balaban J connectivity index is 2.26. The SMILES string of the molecule is CC(=O)N1CCc2oc(Br)cc2C(C)C1. The Labute approximate surface area is 97.6 Å². The Hall–Kier alpha value is -0.770. The zero-order chi connectivity index (χ0) is 11.0. The second kappa shape index (κ2) is 4.00. The minimum Gasteiger partial charge on any atom is -0.454 e. The lowest BCUT2D eigenvalue weighted by atomic mass is 10.0. The van der Waals surface area contributed by atoms with Gasteiger partial charge in [-0.3, -0.25) is 4.79 Å². The molecule has 0 spiro atoms. The largest absolute Gasteiger partial charge is 0.454 e. The van der Waals surface area contributed by atoms with Gasteiger partial charge in [0.1, 0.15) is 5.76 Å². The van der Waals surface area contributed by atoms with Gasteiger partial charge >= 0.3 is 0 Å². The molecule has 0 saturated heterocycles. The van der Waals surface area contributed by atoms with Crippen LogP contribution in [-0.4, -0.2) is 23.9 Å². The van der Waals surface area contributed by atoms with Crippen LogP contribution in [0.1, 0.15) is 31.1 Å². The molecule has 1 aromatic rings. The summed E-state index contributed by atoms with van der Waals surface area (Å²) in [7, 11) is 0. The van der Waals surface area contributed by atoms with Crippen LogP contribution in [0.5, 0.6) is 0 Å². The van der Waals surface area contributed by atoms with Crippen LogP contribution in [0.15, 0.2) is 15.2 Å². The van der Waals surface area contributed by atoms with Crippen molar-refractivity contribution in [2.45, 2.75) is 26.2 Å². The maximum Gasteiger partial charge on any atom is 0.219 e. The first-order chi connectivity index (χ1) is 7.08. The van der Waals surface area contributed by atoms with E-state index in [1.807, 2.05) is 11.0 Å². The van der Waals surface area contributed by atoms with Crippen LogP contribution in [0, 0.1) is 0 Å². The maximum atomic E-state index is 11.3. The molecule has 1 unspecified atom stereocenters. The second-order valence-electron chi connectivity index (χ2n) is 4.05. The van der Waals surface area contributed by atoms with Gasteiger partial charge in [0.05, 0.1) is 0 Å². The highest BCUT2D eigenvalue weighted by atomic mass is 79.9. The molecule has 0 radical (unpaired) electrons. The van der Waals surface area contributed by atoms with Crippen molar-refractivity contribution >= 4 is 21.8 Å². The number of hydrogen-bond acceptors (Lipinski definition) is 2. The summed E-state index contributed by atoms with van der Waals surface area (Å²) in [6.45, 7) is 5.29. The lowest BCUT2D eigenvalue weighted by Crippen LogP contribution is -2.32. The predicted octanol–water partition coefficient (Wildman–Crippen LogP) is 2.55. The lowest BCUT2D eigenvalue weighted by molar-refractivity contribution is -0.128. The summed E-state index contributed by atoms with van der Waals surface area (Å²) >= 11 is 3.34. The summed E-state index contributed by atoms with van der Waals surface area (Å²) in [6.07, 6.45) is 0.810. The number of carbonyl (C=O) groups excluding carboxylic acids is 1. The summed E-state index contributed by atoms with van der Waals surface area (Å²) in [5.41, 5.74) is 1.23. The van der Waals surface area contributed by atoms with Gasteiger partial charge in [-0.05, 0) is 27.6 Å². The predicted molar refractivity (Wildman–Crippen MR) is 60.8 cm³/mol. The zero-order valence-electron chi connectivity index (χ0n) is 8.92. The van der Waals surface area contributed by atoms with Crippen LogP contribution in [0.2, 0.25) is 0 Å². The van der Waals surface area contributed by atoms with E-state index in [1.165, 1.54) is 5.56 Å². The Morgan fingerprint density at radius 3 is 3.07 bits per heavy atom. The van der Waals surface area contributed by atoms with E-state index in [9.17, 15) is 4.79 Å². The Bertz CT molecular complexity index is 386. The third-order valence-electron chi connectivity index (χ3n) is 2.89. The van der Waals surface area contributed by atoms with E-state index < -0.39 is 0 Å². The molecule has 0 aromatic carbocycles. The van der Waals surface area contributed by atoms with Gasteiger partial charge in [0.25, 0.3) is 0 Å². The molecular formula is C11H14BrNO2. The van der Waals surface area contributed by atoms with Crippen molar-refractivity contribution in [3.8, 4) is 0 Å². The van der Waals surface area contributed by atoms with Gasteiger partial charge in [0.15, 0.2) is 4.67 Å². The molecule has 0 bridgehead atoms. The van der Waals surface area contributed by atoms with Gasteiger partial charge in [0.2, 0.25) is 5.91 Å². The minimum atomic E-state index is 0.145. The van der Waals surface area contributed by atoms with Crippen molar-refractivity contribution in [2.75, 3.05) is 13.1 Å². The van der Waals surface area contributed by atoms with Crippen molar-refractivity contribution in [1.29, 1.82) is 0 Å². The van der Waals surface area contributed by atoms with Crippen LogP contribution >= 0.6 is 15.9 Å². The number of furan rings is 1. The highest BCUT2D eigenvalue weighted by Crippen LogP contribution is 2.30. The molecule has 1 aromatic heterocycles. The highest BCUT2D eigenvalue weighted by molar-refractivity contribution is 9.10. The number of nitrogens with zero attached hydrogens (tertiary/aromatic N) is 1. The van der Waals surface area contributed by atoms with E-state index in [0.29, 0.717) is 5.92 Å². The van der Waals surface area contributed by atoms with Crippen molar-refractivity contribution in [3.63, 3.8) is 0 Å². The van der Waals surface area contributed by atoms with E-state index in [0.717, 1.165) is 29.9 Å². The molecule has 1 atom stereocenters. The number of halogens is 1. The summed E-state index contributed by atoms with van der Waals surface area (Å²) < 4.78 is 6.35. The summed E-state index contributed by atoms with van der Waals surface area (Å²) in [4.78, 5) is 13.2. The molecule has 15 heavy (non-hydrogen) atoms. The number of carbonyl (C=O) groups is 1. The summed E-state index contributed by atoms with van der Waals surface area (Å²) in [5.74, 6) is 1.51. The van der Waals surface area contributed by atoms with Crippen molar-refractivity contribution in [1.82, 2.24) is 4.90 Å². The monoisotopic (exact) mass is 271 g/mol. The van der Waals surface area contributed by atoms with Gasteiger partial charge < -0.3 is 9.32 Å². The first-order valence-electron chi connectivity index (χ1n) is 5.11. The van der Waals surface area contributed by atoms with Gasteiger partial charge in [-0.2, -0.15) is 0 Å². The minimum absolute atomic E-state index is 0.145. The van der Waals surface area contributed by atoms with Crippen LogP contribution in [0.4, 0.5) is 0 Å². The average molecular weight is 272 g/mol. The fourth-order valence-corrected chi connectivity index (χ4v) is 2.51. The van der Waals surface area contributed by atoms with Gasteiger partial charge in [-0.25, -0.2) is 0 Å². The van der Waals surface area contributed by atoms with Gasteiger partial charge in [0, 0.05) is 32.4 Å². The zero-order valence-corrected chi connectivity index (χ0v) is 10.5. The highest BCUT2D eigenvalue weighted by Gasteiger charge is 2.24. The van der Waals surface area contributed by atoms with E-state index in [1.54, 1.807) is 6.92 Å². The lowest BCUT2D eigenvalue weighted by Gasteiger charge is -2.20. The quantitative estimate of drug-likeness (QED) is 0.727. The average Bonchev–Trinajstić information content (AvgIpc) is 2.46. The first kappa shape index (κ1) is 10.7. The van der Waals surface area contributed by atoms with Crippen LogP contribution < -0.4 is 0 Å². The third-order valence-corrected chi connectivity index (χ3v) is 3.28. The van der Waals surface area contributed by atoms with E-state index in [2.05, 4.69) is 22.9 Å². The van der Waals surface area contributed by atoms with Crippen molar-refractivity contribution in [3.05, 3.63) is 22.1 Å². The smallest absolute Gasteiger partial charge is 0.219 e. The summed E-state index contributed by atoms with van der Waals surface area (Å²) in [5, 5.41) is 0. The Kier molecular flexibility index (Phi) is 2.87.